The van der Waals surface area contributed by atoms with Crippen molar-refractivity contribution in [1.82, 2.24) is 4.98 Å². The minimum absolute atomic E-state index is 0.284. The summed E-state index contributed by atoms with van der Waals surface area (Å²) in [6.45, 7) is 3.85. The average molecular weight is 237 g/mol. The van der Waals surface area contributed by atoms with Crippen LogP contribution >= 0.6 is 0 Å². The number of aliphatic hydroxyl groups excluding tert-OH is 1. The summed E-state index contributed by atoms with van der Waals surface area (Å²) in [6.07, 6.45) is 4.86. The normalized spacial score (nSPS) is 10.6. The maximum Gasteiger partial charge on any atom is 0.131 e. The predicted octanol–water partition coefficient (Wildman–Crippen LogP) is 1.45. The second-order valence-corrected chi connectivity index (χ2v) is 4.39. The Hall–Kier alpha value is -1.13. The average Bonchev–Trinajstić information content (AvgIpc) is 2.34. The van der Waals surface area contributed by atoms with Gasteiger partial charge in [0.1, 0.15) is 5.82 Å². The van der Waals surface area contributed by atoms with Crippen molar-refractivity contribution in [2.24, 2.45) is 5.73 Å². The molecule has 1 aromatic rings. The Kier molecular flexibility index (Phi) is 5.94. The lowest BCUT2D eigenvalue weighted by atomic mass is 10.2. The molecule has 0 atom stereocenters. The Bertz CT molecular complexity index is 341. The highest BCUT2D eigenvalue weighted by Crippen LogP contribution is 2.17. The van der Waals surface area contributed by atoms with Gasteiger partial charge in [-0.05, 0) is 43.4 Å². The van der Waals surface area contributed by atoms with E-state index in [2.05, 4.69) is 29.9 Å². The van der Waals surface area contributed by atoms with E-state index in [1.165, 1.54) is 0 Å². The highest BCUT2D eigenvalue weighted by atomic mass is 16.2. The lowest BCUT2D eigenvalue weighted by Gasteiger charge is -2.20. The lowest BCUT2D eigenvalue weighted by molar-refractivity contribution is 0.283. The second kappa shape index (κ2) is 7.25. The molecule has 1 rings (SSSR count). The summed E-state index contributed by atoms with van der Waals surface area (Å²) >= 11 is 0. The molecular formula is C13H23N3O. The number of anilines is 1. The van der Waals surface area contributed by atoms with Crippen LogP contribution in [-0.2, 0) is 6.54 Å². The van der Waals surface area contributed by atoms with Gasteiger partial charge in [-0.2, -0.15) is 0 Å². The van der Waals surface area contributed by atoms with E-state index < -0.39 is 0 Å². The maximum absolute atomic E-state index is 8.71. The fourth-order valence-corrected chi connectivity index (χ4v) is 1.88. The highest BCUT2D eigenvalue weighted by molar-refractivity contribution is 5.46. The van der Waals surface area contributed by atoms with Gasteiger partial charge in [0.05, 0.1) is 0 Å². The first-order valence-corrected chi connectivity index (χ1v) is 6.16. The van der Waals surface area contributed by atoms with Crippen LogP contribution in [0.25, 0.3) is 0 Å². The topological polar surface area (TPSA) is 62.4 Å². The van der Waals surface area contributed by atoms with Gasteiger partial charge >= 0.3 is 0 Å². The molecule has 0 radical (unpaired) electrons. The number of aromatic nitrogens is 1. The van der Waals surface area contributed by atoms with E-state index >= 15 is 0 Å². The van der Waals surface area contributed by atoms with Gasteiger partial charge in [-0.15, -0.1) is 0 Å². The van der Waals surface area contributed by atoms with E-state index in [-0.39, 0.29) is 6.61 Å². The van der Waals surface area contributed by atoms with Crippen LogP contribution in [0.5, 0.6) is 0 Å². The van der Waals surface area contributed by atoms with Gasteiger partial charge in [0.25, 0.3) is 0 Å². The van der Waals surface area contributed by atoms with E-state index in [9.17, 15) is 0 Å². The highest BCUT2D eigenvalue weighted by Gasteiger charge is 2.06. The van der Waals surface area contributed by atoms with Crippen LogP contribution in [0.3, 0.4) is 0 Å². The Labute approximate surface area is 103 Å². The van der Waals surface area contributed by atoms with Crippen LogP contribution in [0.4, 0.5) is 5.82 Å². The number of aryl methyl sites for hydroxylation is 1. The molecule has 0 fully saturated rings. The molecule has 0 spiro atoms. The fourth-order valence-electron chi connectivity index (χ4n) is 1.88. The molecule has 0 aliphatic rings. The number of pyridine rings is 1. The first-order valence-electron chi connectivity index (χ1n) is 6.16. The van der Waals surface area contributed by atoms with E-state index in [1.54, 1.807) is 0 Å². The SMILES string of the molecule is Cc1cc(CN)cnc1N(C)CCCCCO. The van der Waals surface area contributed by atoms with Crippen molar-refractivity contribution in [3.8, 4) is 0 Å². The summed E-state index contributed by atoms with van der Waals surface area (Å²) in [4.78, 5) is 6.60. The van der Waals surface area contributed by atoms with Crippen molar-refractivity contribution in [1.29, 1.82) is 0 Å². The van der Waals surface area contributed by atoms with E-state index in [0.717, 1.165) is 42.8 Å². The number of unbranched alkanes of at least 4 members (excludes halogenated alkanes) is 2. The molecule has 1 heterocycles. The molecule has 0 saturated heterocycles. The molecule has 4 heteroatoms. The second-order valence-electron chi connectivity index (χ2n) is 4.39. The Morgan fingerprint density at radius 1 is 1.35 bits per heavy atom. The summed E-state index contributed by atoms with van der Waals surface area (Å²) < 4.78 is 0. The third kappa shape index (κ3) is 4.32. The van der Waals surface area contributed by atoms with Crippen LogP contribution in [0, 0.1) is 6.92 Å². The van der Waals surface area contributed by atoms with Crippen molar-refractivity contribution < 1.29 is 5.11 Å². The zero-order valence-electron chi connectivity index (χ0n) is 10.8. The van der Waals surface area contributed by atoms with Crippen molar-refractivity contribution in [2.45, 2.75) is 32.7 Å². The first kappa shape index (κ1) is 13.9. The largest absolute Gasteiger partial charge is 0.396 e. The summed E-state index contributed by atoms with van der Waals surface area (Å²) in [5.41, 5.74) is 7.81. The summed E-state index contributed by atoms with van der Waals surface area (Å²) in [6, 6.07) is 2.09. The first-order chi connectivity index (χ1) is 8.19. The van der Waals surface area contributed by atoms with Crippen LogP contribution in [0.15, 0.2) is 12.3 Å². The predicted molar refractivity (Wildman–Crippen MR) is 71.1 cm³/mol. The molecule has 3 N–H and O–H groups in total. The van der Waals surface area contributed by atoms with Crippen molar-refractivity contribution >= 4 is 5.82 Å². The van der Waals surface area contributed by atoms with Crippen LogP contribution in [-0.4, -0.2) is 30.3 Å². The number of hydrogen-bond donors (Lipinski definition) is 2. The summed E-state index contributed by atoms with van der Waals surface area (Å²) in [7, 11) is 2.05. The smallest absolute Gasteiger partial charge is 0.131 e. The van der Waals surface area contributed by atoms with Gasteiger partial charge in [-0.3, -0.25) is 0 Å². The van der Waals surface area contributed by atoms with Crippen LogP contribution in [0.2, 0.25) is 0 Å². The monoisotopic (exact) mass is 237 g/mol. The van der Waals surface area contributed by atoms with Gasteiger partial charge in [-0.1, -0.05) is 0 Å². The minimum Gasteiger partial charge on any atom is -0.396 e. The van der Waals surface area contributed by atoms with E-state index in [1.807, 2.05) is 6.20 Å². The zero-order chi connectivity index (χ0) is 12.7. The number of nitrogens with two attached hydrogens (primary N) is 1. The minimum atomic E-state index is 0.284. The van der Waals surface area contributed by atoms with Crippen molar-refractivity contribution in [3.05, 3.63) is 23.4 Å². The van der Waals surface area contributed by atoms with Crippen LogP contribution in [0.1, 0.15) is 30.4 Å². The van der Waals surface area contributed by atoms with Crippen LogP contribution < -0.4 is 10.6 Å². The molecule has 0 aliphatic heterocycles. The molecule has 1 aromatic heterocycles. The molecule has 0 unspecified atom stereocenters. The summed E-state index contributed by atoms with van der Waals surface area (Å²) in [5, 5.41) is 8.71. The van der Waals surface area contributed by atoms with Gasteiger partial charge in [0, 0.05) is 32.9 Å². The molecule has 0 bridgehead atoms. The van der Waals surface area contributed by atoms with Gasteiger partial charge in [-0.25, -0.2) is 4.98 Å². The molecule has 0 aliphatic carbocycles. The third-order valence-corrected chi connectivity index (χ3v) is 2.86. The van der Waals surface area contributed by atoms with Gasteiger partial charge in [0.15, 0.2) is 0 Å². The Morgan fingerprint density at radius 2 is 2.12 bits per heavy atom. The molecule has 0 amide bonds. The van der Waals surface area contributed by atoms with Gasteiger partial charge < -0.3 is 15.7 Å². The molecule has 0 saturated carbocycles. The van der Waals surface area contributed by atoms with Crippen molar-refractivity contribution in [3.63, 3.8) is 0 Å². The number of hydrogen-bond acceptors (Lipinski definition) is 4. The molecule has 96 valence electrons. The maximum atomic E-state index is 8.71. The molecular weight excluding hydrogens is 214 g/mol. The van der Waals surface area contributed by atoms with E-state index in [4.69, 9.17) is 10.8 Å². The number of nitrogens with zero attached hydrogens (tertiary/aromatic N) is 2. The quantitative estimate of drug-likeness (QED) is 0.705. The Morgan fingerprint density at radius 3 is 2.71 bits per heavy atom. The summed E-state index contributed by atoms with van der Waals surface area (Å²) in [5.74, 6) is 1.02. The molecule has 4 nitrogen and oxygen atoms in total. The molecule has 17 heavy (non-hydrogen) atoms. The standard InChI is InChI=1S/C13H23N3O/c1-11-8-12(9-14)10-15-13(11)16(2)6-4-3-5-7-17/h8,10,17H,3-7,9,14H2,1-2H3. The van der Waals surface area contributed by atoms with Crippen molar-refractivity contribution in [2.75, 3.05) is 25.1 Å². The third-order valence-electron chi connectivity index (χ3n) is 2.86. The number of rotatable bonds is 7. The van der Waals surface area contributed by atoms with Gasteiger partial charge in [0.2, 0.25) is 0 Å². The molecule has 0 aromatic carbocycles. The Balaban J connectivity index is 2.53. The number of aliphatic hydroxyl groups is 1. The fraction of sp³-hybridized carbons (Fsp3) is 0.615. The van der Waals surface area contributed by atoms with E-state index in [0.29, 0.717) is 6.54 Å². The lowest BCUT2D eigenvalue weighted by Crippen LogP contribution is -2.21. The zero-order valence-corrected chi connectivity index (χ0v) is 10.8.